The van der Waals surface area contributed by atoms with Crippen molar-refractivity contribution in [3.8, 4) is 0 Å². The number of sulfonamides is 2. The maximum atomic E-state index is 11.4. The Bertz CT molecular complexity index is 593. The minimum absolute atomic E-state index is 0. The quantitative estimate of drug-likeness (QED) is 0.294. The average molecular weight is 418 g/mol. The number of esters is 1. The second kappa shape index (κ2) is 12.2. The van der Waals surface area contributed by atoms with E-state index >= 15 is 0 Å². The van der Waals surface area contributed by atoms with Gasteiger partial charge in [-0.2, -0.15) is 13.2 Å². The van der Waals surface area contributed by atoms with Crippen LogP contribution in [0.2, 0.25) is 0 Å². The maximum Gasteiger partial charge on any atom is 0.480 e. The van der Waals surface area contributed by atoms with E-state index in [9.17, 15) is 34.8 Å². The Kier molecular flexibility index (Phi) is 17.1. The molecule has 0 amide bonds. The van der Waals surface area contributed by atoms with Gasteiger partial charge in [-0.1, -0.05) is 28.9 Å². The summed E-state index contributed by atoms with van der Waals surface area (Å²) in [6, 6.07) is 0. The van der Waals surface area contributed by atoms with Crippen LogP contribution in [-0.2, 0) is 29.6 Å². The van der Waals surface area contributed by atoms with Crippen molar-refractivity contribution in [2.45, 2.75) is 27.8 Å². The number of nitrogens with zero attached hydrogens (tertiary/aromatic N) is 2. The standard InChI is InChI=1S/C7H14NO2.C2H3F3NO4S2.3CH4/c1-5-7(9)10-6-8(2,3)4;1-11(7,8)6-12(9,10)2(3,4)5;;;/h5H,1,6H2,2-4H3;1H3;3*1H4/q+1;-1;;;. The number of ether oxygens (including phenoxy) is 1. The van der Waals surface area contributed by atoms with Crippen LogP contribution < -0.4 is 0 Å². The molecule has 0 atom stereocenters. The van der Waals surface area contributed by atoms with E-state index in [4.69, 9.17) is 4.74 Å². The minimum atomic E-state index is -5.92. The van der Waals surface area contributed by atoms with Crippen molar-refractivity contribution in [1.82, 2.24) is 0 Å². The Morgan fingerprint density at radius 3 is 1.64 bits per heavy atom. The lowest BCUT2D eigenvalue weighted by Gasteiger charge is -2.22. The third kappa shape index (κ3) is 20.8. The molecular formula is C12H29F3N2O6S2. The zero-order valence-electron chi connectivity index (χ0n) is 12.3. The molecule has 0 saturated heterocycles. The molecule has 0 N–H and O–H groups in total. The van der Waals surface area contributed by atoms with Crippen molar-refractivity contribution in [2.24, 2.45) is 0 Å². The molecular weight excluding hydrogens is 389 g/mol. The number of halogens is 3. The predicted molar refractivity (Wildman–Crippen MR) is 92.6 cm³/mol. The van der Waals surface area contributed by atoms with Gasteiger partial charge in [0.1, 0.15) is 0 Å². The van der Waals surface area contributed by atoms with Gasteiger partial charge >= 0.3 is 11.5 Å². The topological polar surface area (TPSA) is 109 Å². The summed E-state index contributed by atoms with van der Waals surface area (Å²) >= 11 is 0. The zero-order chi connectivity index (χ0) is 18.4. The summed E-state index contributed by atoms with van der Waals surface area (Å²) in [5, 5.41) is 0. The van der Waals surface area contributed by atoms with E-state index in [1.54, 1.807) is 4.13 Å². The summed E-state index contributed by atoms with van der Waals surface area (Å²) in [5.41, 5.74) is -5.67. The van der Waals surface area contributed by atoms with E-state index < -0.39 is 25.6 Å². The molecule has 0 aromatic carbocycles. The molecule has 0 aliphatic rings. The molecule has 156 valence electrons. The van der Waals surface area contributed by atoms with Crippen molar-refractivity contribution in [3.05, 3.63) is 16.8 Å². The van der Waals surface area contributed by atoms with Gasteiger partial charge in [0.05, 0.1) is 31.2 Å². The van der Waals surface area contributed by atoms with E-state index in [2.05, 4.69) is 6.58 Å². The second-order valence-corrected chi connectivity index (χ2v) is 8.29. The molecule has 25 heavy (non-hydrogen) atoms. The smallest absolute Gasteiger partial charge is 0.429 e. The summed E-state index contributed by atoms with van der Waals surface area (Å²) in [6.45, 7) is 3.66. The van der Waals surface area contributed by atoms with E-state index in [-0.39, 0.29) is 34.5 Å². The summed E-state index contributed by atoms with van der Waals surface area (Å²) < 4.78 is 81.4. The van der Waals surface area contributed by atoms with Gasteiger partial charge in [-0.05, 0) is 0 Å². The van der Waals surface area contributed by atoms with Crippen LogP contribution in [0.1, 0.15) is 22.3 Å². The van der Waals surface area contributed by atoms with Gasteiger partial charge in [-0.25, -0.2) is 21.6 Å². The molecule has 0 aliphatic carbocycles. The molecule has 0 aliphatic heterocycles. The van der Waals surface area contributed by atoms with Crippen molar-refractivity contribution in [2.75, 3.05) is 34.1 Å². The molecule has 0 bridgehead atoms. The fourth-order valence-corrected chi connectivity index (χ4v) is 2.30. The number of hydrogen-bond acceptors (Lipinski definition) is 6. The fraction of sp³-hybridized carbons (Fsp3) is 0.750. The van der Waals surface area contributed by atoms with E-state index in [0.717, 1.165) is 6.08 Å². The molecule has 0 aromatic heterocycles. The third-order valence-corrected chi connectivity index (χ3v) is 3.74. The van der Waals surface area contributed by atoms with Crippen LogP contribution in [0.25, 0.3) is 4.13 Å². The molecule has 0 rings (SSSR count). The molecule has 0 aromatic rings. The lowest BCUT2D eigenvalue weighted by Crippen LogP contribution is -2.37. The minimum Gasteiger partial charge on any atom is -0.429 e. The Hall–Kier alpha value is -1.18. The van der Waals surface area contributed by atoms with Gasteiger partial charge in [0, 0.05) is 12.3 Å². The third-order valence-electron chi connectivity index (χ3n) is 1.29. The number of carbonyl (C=O) groups is 1. The Labute approximate surface area is 149 Å². The van der Waals surface area contributed by atoms with E-state index in [0.29, 0.717) is 11.2 Å². The number of hydrogen-bond donors (Lipinski definition) is 0. The molecule has 0 spiro atoms. The van der Waals surface area contributed by atoms with Crippen molar-refractivity contribution >= 4 is 26.0 Å². The highest BCUT2D eigenvalue weighted by atomic mass is 32.3. The van der Waals surface area contributed by atoms with Crippen molar-refractivity contribution in [3.63, 3.8) is 0 Å². The SMILES string of the molecule is C.C.C.C=CC(=O)OC[N+](C)(C)C.CS(=O)(=O)[N-]S(=O)(=O)C(F)(F)F. The average Bonchev–Trinajstić information content (AvgIpc) is 2.20. The molecule has 13 heteroatoms. The first kappa shape index (κ1) is 35.0. The van der Waals surface area contributed by atoms with Crippen LogP contribution in [0.15, 0.2) is 12.7 Å². The monoisotopic (exact) mass is 418 g/mol. The second-order valence-electron chi connectivity index (χ2n) is 4.82. The van der Waals surface area contributed by atoms with Gasteiger partial charge < -0.3 is 8.86 Å². The van der Waals surface area contributed by atoms with Crippen LogP contribution >= 0.6 is 0 Å². The van der Waals surface area contributed by atoms with Crippen LogP contribution in [0.4, 0.5) is 13.2 Å². The van der Waals surface area contributed by atoms with Crippen LogP contribution in [0, 0.1) is 0 Å². The van der Waals surface area contributed by atoms with Gasteiger partial charge in [0.25, 0.3) is 0 Å². The highest BCUT2D eigenvalue weighted by Crippen LogP contribution is 2.29. The summed E-state index contributed by atoms with van der Waals surface area (Å²) in [4.78, 5) is 10.5. The first-order chi connectivity index (χ1) is 9.41. The number of rotatable bonds is 5. The first-order valence-electron chi connectivity index (χ1n) is 5.26. The van der Waals surface area contributed by atoms with Crippen molar-refractivity contribution < 1.29 is 44.0 Å². The largest absolute Gasteiger partial charge is 0.480 e. The molecule has 0 heterocycles. The highest BCUT2D eigenvalue weighted by Gasteiger charge is 2.39. The maximum absolute atomic E-state index is 11.4. The normalized spacial score (nSPS) is 11.3. The number of carbonyl (C=O) groups excluding carboxylic acids is 1. The number of alkyl halides is 3. The molecule has 0 radical (unpaired) electrons. The zero-order valence-corrected chi connectivity index (χ0v) is 13.9. The van der Waals surface area contributed by atoms with Gasteiger partial charge in [0.2, 0.25) is 6.73 Å². The van der Waals surface area contributed by atoms with E-state index in [1.165, 1.54) is 0 Å². The Morgan fingerprint density at radius 1 is 1.12 bits per heavy atom. The highest BCUT2D eigenvalue weighted by molar-refractivity contribution is 8.12. The Morgan fingerprint density at radius 2 is 1.48 bits per heavy atom. The summed E-state index contributed by atoms with van der Waals surface area (Å²) in [5.74, 6) is -0.368. The lowest BCUT2D eigenvalue weighted by molar-refractivity contribution is -0.888. The Balaban J connectivity index is -0.0000000964. The first-order valence-corrected chi connectivity index (χ1v) is 8.55. The van der Waals surface area contributed by atoms with Gasteiger partial charge in [-0.15, -0.1) is 0 Å². The molecule has 0 unspecified atom stereocenters. The molecule has 0 saturated carbocycles. The summed E-state index contributed by atoms with van der Waals surface area (Å²) in [6.07, 6.45) is 1.41. The van der Waals surface area contributed by atoms with E-state index in [1.807, 2.05) is 21.1 Å². The van der Waals surface area contributed by atoms with Crippen molar-refractivity contribution in [1.29, 1.82) is 0 Å². The molecule has 0 fully saturated rings. The lowest BCUT2D eigenvalue weighted by atomic mass is 10.6. The van der Waals surface area contributed by atoms with Crippen LogP contribution in [0.3, 0.4) is 0 Å². The summed E-state index contributed by atoms with van der Waals surface area (Å²) in [7, 11) is -4.64. The molecule has 8 nitrogen and oxygen atoms in total. The fourth-order valence-electron chi connectivity index (χ4n) is 0.537. The number of quaternary nitrogens is 1. The van der Waals surface area contributed by atoms with Gasteiger partial charge in [0.15, 0.2) is 10.0 Å². The van der Waals surface area contributed by atoms with Crippen LogP contribution in [-0.4, -0.2) is 66.9 Å². The van der Waals surface area contributed by atoms with Crippen LogP contribution in [0.5, 0.6) is 0 Å². The predicted octanol–water partition coefficient (Wildman–Crippen LogP) is 2.46. The van der Waals surface area contributed by atoms with Gasteiger partial charge in [-0.3, -0.25) is 4.48 Å².